The Morgan fingerprint density at radius 3 is 2.28 bits per heavy atom. The van der Waals surface area contributed by atoms with E-state index >= 15 is 0 Å². The van der Waals surface area contributed by atoms with Gasteiger partial charge in [-0.3, -0.25) is 10.0 Å². The van der Waals surface area contributed by atoms with Gasteiger partial charge in [-0.25, -0.2) is 5.06 Å². The van der Waals surface area contributed by atoms with E-state index in [-0.39, 0.29) is 5.78 Å². The third-order valence-electron chi connectivity index (χ3n) is 2.41. The molecule has 0 aliphatic heterocycles. The maximum atomic E-state index is 10.9. The first-order chi connectivity index (χ1) is 8.69. The van der Waals surface area contributed by atoms with Crippen LogP contribution in [0.3, 0.4) is 0 Å². The van der Waals surface area contributed by atoms with Gasteiger partial charge in [0.15, 0.2) is 5.78 Å². The zero-order valence-corrected chi connectivity index (χ0v) is 9.45. The third-order valence-corrected chi connectivity index (χ3v) is 2.41. The number of allylic oxidation sites excluding steroid dienone is 5. The minimum Gasteiger partial charge on any atom is -0.290 e. The van der Waals surface area contributed by atoms with Crippen molar-refractivity contribution >= 4 is 11.5 Å². The Kier molecular flexibility index (Phi) is 3.37. The first kappa shape index (κ1) is 11.8. The zero-order chi connectivity index (χ0) is 13.0. The highest BCUT2D eigenvalue weighted by atomic mass is 16.5. The molecular weight excluding hydrogens is 228 g/mol. The number of ketones is 1. The van der Waals surface area contributed by atoms with Gasteiger partial charge < -0.3 is 0 Å². The first-order valence-electron chi connectivity index (χ1n) is 5.29. The lowest BCUT2D eigenvalue weighted by Gasteiger charge is -2.13. The van der Waals surface area contributed by atoms with Crippen LogP contribution in [0.2, 0.25) is 0 Å². The molecule has 0 saturated carbocycles. The van der Waals surface area contributed by atoms with E-state index in [1.54, 1.807) is 36.4 Å². The molecule has 1 aliphatic carbocycles. The van der Waals surface area contributed by atoms with E-state index < -0.39 is 0 Å². The number of hydroxylamine groups is 1. The maximum absolute atomic E-state index is 10.9. The lowest BCUT2D eigenvalue weighted by atomic mass is 10.1. The SMILES string of the molecule is N#Cc1ccc(N(O)C=C2C=CC(=O)C=C2)cc1. The standard InChI is InChI=1S/C14H10N2O2/c15-9-11-1-5-13(6-2-11)16(18)10-12-3-7-14(17)8-4-12/h1-8,10,18H. The Morgan fingerprint density at radius 1 is 1.11 bits per heavy atom. The normalized spacial score (nSPS) is 13.3. The number of hydrogen-bond acceptors (Lipinski definition) is 4. The quantitative estimate of drug-likeness (QED) is 0.803. The van der Waals surface area contributed by atoms with Crippen molar-refractivity contribution in [2.24, 2.45) is 0 Å². The molecule has 4 nitrogen and oxygen atoms in total. The summed E-state index contributed by atoms with van der Waals surface area (Å²) in [5, 5.41) is 19.4. The van der Waals surface area contributed by atoms with Crippen LogP contribution in [0.5, 0.6) is 0 Å². The molecular formula is C14H10N2O2. The van der Waals surface area contributed by atoms with Crippen molar-refractivity contribution in [3.05, 3.63) is 65.9 Å². The molecule has 1 N–H and O–H groups in total. The molecule has 0 bridgehead atoms. The predicted molar refractivity (Wildman–Crippen MR) is 66.8 cm³/mol. The van der Waals surface area contributed by atoms with E-state index in [9.17, 15) is 10.0 Å². The van der Waals surface area contributed by atoms with Crippen LogP contribution in [-0.4, -0.2) is 11.0 Å². The highest BCUT2D eigenvalue weighted by molar-refractivity contribution is 6.01. The highest BCUT2D eigenvalue weighted by Crippen LogP contribution is 2.16. The van der Waals surface area contributed by atoms with E-state index in [1.807, 2.05) is 6.07 Å². The van der Waals surface area contributed by atoms with Gasteiger partial charge in [0.05, 0.1) is 17.3 Å². The van der Waals surface area contributed by atoms with Crippen LogP contribution in [0.1, 0.15) is 5.56 Å². The smallest absolute Gasteiger partial charge is 0.178 e. The largest absolute Gasteiger partial charge is 0.290 e. The molecule has 0 spiro atoms. The van der Waals surface area contributed by atoms with E-state index in [0.717, 1.165) is 5.06 Å². The predicted octanol–water partition coefficient (Wildman–Crippen LogP) is 2.33. The Balaban J connectivity index is 2.17. The molecule has 1 aromatic carbocycles. The number of anilines is 1. The summed E-state index contributed by atoms with van der Waals surface area (Å²) in [6.07, 6.45) is 7.59. The minimum absolute atomic E-state index is 0.0741. The monoisotopic (exact) mass is 238 g/mol. The van der Waals surface area contributed by atoms with Crippen molar-refractivity contribution in [1.29, 1.82) is 5.26 Å². The molecule has 0 fully saturated rings. The van der Waals surface area contributed by atoms with Crippen LogP contribution in [0, 0.1) is 11.3 Å². The summed E-state index contributed by atoms with van der Waals surface area (Å²) >= 11 is 0. The summed E-state index contributed by atoms with van der Waals surface area (Å²) in [6, 6.07) is 8.51. The van der Waals surface area contributed by atoms with Crippen LogP contribution in [0.15, 0.2) is 60.3 Å². The average Bonchev–Trinajstić information content (AvgIpc) is 2.41. The van der Waals surface area contributed by atoms with Gasteiger partial charge in [0.1, 0.15) is 0 Å². The molecule has 0 unspecified atom stereocenters. The van der Waals surface area contributed by atoms with Crippen molar-refractivity contribution in [2.45, 2.75) is 0 Å². The number of carbonyl (C=O) groups is 1. The summed E-state index contributed by atoms with van der Waals surface area (Å²) in [5.41, 5.74) is 1.78. The summed E-state index contributed by atoms with van der Waals surface area (Å²) < 4.78 is 0. The summed E-state index contributed by atoms with van der Waals surface area (Å²) in [5.74, 6) is -0.0741. The topological polar surface area (TPSA) is 64.3 Å². The Labute approximate surface area is 104 Å². The number of rotatable bonds is 2. The molecule has 18 heavy (non-hydrogen) atoms. The van der Waals surface area contributed by atoms with Crippen molar-refractivity contribution in [2.75, 3.05) is 5.06 Å². The molecule has 0 heterocycles. The fourth-order valence-electron chi connectivity index (χ4n) is 1.46. The Bertz CT molecular complexity index is 571. The second-order valence-corrected chi connectivity index (χ2v) is 3.70. The number of benzene rings is 1. The molecule has 0 amide bonds. The number of nitriles is 1. The van der Waals surface area contributed by atoms with Gasteiger partial charge in [-0.1, -0.05) is 0 Å². The van der Waals surface area contributed by atoms with E-state index in [4.69, 9.17) is 5.26 Å². The van der Waals surface area contributed by atoms with Crippen molar-refractivity contribution < 1.29 is 10.0 Å². The lowest BCUT2D eigenvalue weighted by Crippen LogP contribution is -2.10. The summed E-state index contributed by atoms with van der Waals surface area (Å²) in [4.78, 5) is 10.9. The molecule has 0 aromatic heterocycles. The van der Waals surface area contributed by atoms with Gasteiger partial charge >= 0.3 is 0 Å². The van der Waals surface area contributed by atoms with Gasteiger partial charge in [0.25, 0.3) is 0 Å². The van der Waals surface area contributed by atoms with Gasteiger partial charge in [0, 0.05) is 6.20 Å². The summed E-state index contributed by atoms with van der Waals surface area (Å²) in [6.45, 7) is 0. The summed E-state index contributed by atoms with van der Waals surface area (Å²) in [7, 11) is 0. The average molecular weight is 238 g/mol. The molecule has 0 atom stereocenters. The van der Waals surface area contributed by atoms with Crippen molar-refractivity contribution in [3.63, 3.8) is 0 Å². The second kappa shape index (κ2) is 5.13. The molecule has 4 heteroatoms. The highest BCUT2D eigenvalue weighted by Gasteiger charge is 2.03. The van der Waals surface area contributed by atoms with Crippen LogP contribution >= 0.6 is 0 Å². The Hall–Kier alpha value is -2.64. The molecule has 1 aromatic rings. The van der Waals surface area contributed by atoms with E-state index in [0.29, 0.717) is 16.8 Å². The number of nitrogens with zero attached hydrogens (tertiary/aromatic N) is 2. The van der Waals surface area contributed by atoms with Crippen LogP contribution in [-0.2, 0) is 4.79 Å². The van der Waals surface area contributed by atoms with Crippen LogP contribution < -0.4 is 5.06 Å². The molecule has 0 radical (unpaired) electrons. The Morgan fingerprint density at radius 2 is 1.72 bits per heavy atom. The van der Waals surface area contributed by atoms with E-state index in [2.05, 4.69) is 0 Å². The third kappa shape index (κ3) is 2.73. The minimum atomic E-state index is -0.0741. The van der Waals surface area contributed by atoms with Gasteiger partial charge in [-0.15, -0.1) is 0 Å². The first-order valence-corrected chi connectivity index (χ1v) is 5.29. The van der Waals surface area contributed by atoms with Crippen LogP contribution in [0.25, 0.3) is 0 Å². The van der Waals surface area contributed by atoms with Gasteiger partial charge in [-0.2, -0.15) is 5.26 Å². The fourth-order valence-corrected chi connectivity index (χ4v) is 1.46. The number of hydrogen-bond donors (Lipinski definition) is 1. The molecule has 88 valence electrons. The van der Waals surface area contributed by atoms with Crippen molar-refractivity contribution in [1.82, 2.24) is 0 Å². The second-order valence-electron chi connectivity index (χ2n) is 3.70. The maximum Gasteiger partial charge on any atom is 0.178 e. The molecule has 1 aliphatic rings. The van der Waals surface area contributed by atoms with Crippen molar-refractivity contribution in [3.8, 4) is 6.07 Å². The van der Waals surface area contributed by atoms with Gasteiger partial charge in [-0.05, 0) is 54.1 Å². The fraction of sp³-hybridized carbons (Fsp3) is 0. The number of carbonyl (C=O) groups excluding carboxylic acids is 1. The lowest BCUT2D eigenvalue weighted by molar-refractivity contribution is -0.110. The van der Waals surface area contributed by atoms with E-state index in [1.165, 1.54) is 18.4 Å². The molecule has 2 rings (SSSR count). The zero-order valence-electron chi connectivity index (χ0n) is 9.45. The molecule has 0 saturated heterocycles. The van der Waals surface area contributed by atoms with Crippen LogP contribution in [0.4, 0.5) is 5.69 Å². The van der Waals surface area contributed by atoms with Gasteiger partial charge in [0.2, 0.25) is 0 Å².